The summed E-state index contributed by atoms with van der Waals surface area (Å²) in [5.74, 6) is -1.20. The summed E-state index contributed by atoms with van der Waals surface area (Å²) >= 11 is 1.12. The van der Waals surface area contributed by atoms with Crippen molar-refractivity contribution in [3.8, 4) is 0 Å². The quantitative estimate of drug-likeness (QED) is 0.591. The van der Waals surface area contributed by atoms with Crippen molar-refractivity contribution < 1.29 is 19.1 Å². The van der Waals surface area contributed by atoms with E-state index in [9.17, 15) is 14.4 Å². The number of aryl methyl sites for hydroxylation is 1. The van der Waals surface area contributed by atoms with Gasteiger partial charge in [0.15, 0.2) is 6.61 Å². The van der Waals surface area contributed by atoms with Gasteiger partial charge < -0.3 is 15.4 Å². The first-order valence-corrected chi connectivity index (χ1v) is 10.2. The number of benzene rings is 1. The van der Waals surface area contributed by atoms with Crippen LogP contribution < -0.4 is 10.6 Å². The Hall–Kier alpha value is -3.26. The molecule has 0 spiro atoms. The average Bonchev–Trinajstić information content (AvgIpc) is 3.06. The van der Waals surface area contributed by atoms with E-state index in [2.05, 4.69) is 15.6 Å². The molecule has 3 aromatic rings. The van der Waals surface area contributed by atoms with Gasteiger partial charge >= 0.3 is 5.97 Å². The Balaban J connectivity index is 1.61. The molecular weight excluding hydrogens is 402 g/mol. The number of carbonyl (C=O) groups excluding carboxylic acids is 3. The molecule has 2 aromatic heterocycles. The molecule has 2 heterocycles. The maximum atomic E-state index is 12.4. The number of fused-ring (bicyclic) bond motifs is 1. The summed E-state index contributed by atoms with van der Waals surface area (Å²) in [6.07, 6.45) is 1.68. The Kier molecular flexibility index (Phi) is 6.17. The van der Waals surface area contributed by atoms with Crippen molar-refractivity contribution in [2.45, 2.75) is 27.7 Å². The highest BCUT2D eigenvalue weighted by Gasteiger charge is 2.23. The van der Waals surface area contributed by atoms with Gasteiger partial charge in [-0.25, -0.2) is 4.79 Å². The van der Waals surface area contributed by atoms with Gasteiger partial charge in [0.1, 0.15) is 4.88 Å². The molecular formula is C22H23N3O4S. The Bertz CT molecular complexity index is 1110. The van der Waals surface area contributed by atoms with Crippen LogP contribution in [0.2, 0.25) is 0 Å². The minimum atomic E-state index is -0.608. The van der Waals surface area contributed by atoms with Gasteiger partial charge in [0.05, 0.1) is 16.2 Å². The van der Waals surface area contributed by atoms with Gasteiger partial charge in [-0.2, -0.15) is 0 Å². The Morgan fingerprint density at radius 1 is 1.10 bits per heavy atom. The molecule has 8 heteroatoms. The molecule has 30 heavy (non-hydrogen) atoms. The van der Waals surface area contributed by atoms with E-state index >= 15 is 0 Å². The summed E-state index contributed by atoms with van der Waals surface area (Å²) in [5, 5.41) is 6.90. The highest BCUT2D eigenvalue weighted by atomic mass is 32.1. The van der Waals surface area contributed by atoms with Crippen LogP contribution in [0.1, 0.15) is 36.0 Å². The molecule has 3 rings (SSSR count). The van der Waals surface area contributed by atoms with E-state index in [1.54, 1.807) is 37.4 Å². The fraction of sp³-hybridized carbons (Fsp3) is 0.273. The first-order chi connectivity index (χ1) is 14.1. The second-order valence-electron chi connectivity index (χ2n) is 7.83. The molecule has 0 bridgehead atoms. The number of hydrogen-bond donors (Lipinski definition) is 2. The molecule has 1 aromatic carbocycles. The van der Waals surface area contributed by atoms with Crippen LogP contribution in [0.5, 0.6) is 0 Å². The number of carbonyl (C=O) groups is 3. The normalized spacial score (nSPS) is 11.2. The highest BCUT2D eigenvalue weighted by Crippen LogP contribution is 2.29. The molecule has 7 nitrogen and oxygen atoms in total. The molecule has 0 unspecified atom stereocenters. The van der Waals surface area contributed by atoms with E-state index < -0.39 is 23.9 Å². The SMILES string of the molecule is Cc1cc(NC(=O)C(C)(C)C)sc1C(=O)OCC(=O)Nc1cccc2ncccc12. The Morgan fingerprint density at radius 2 is 1.87 bits per heavy atom. The summed E-state index contributed by atoms with van der Waals surface area (Å²) in [7, 11) is 0. The highest BCUT2D eigenvalue weighted by molar-refractivity contribution is 7.18. The van der Waals surface area contributed by atoms with Crippen LogP contribution in [0.15, 0.2) is 42.6 Å². The molecule has 156 valence electrons. The van der Waals surface area contributed by atoms with Crippen LogP contribution in [-0.2, 0) is 14.3 Å². The van der Waals surface area contributed by atoms with E-state index in [0.29, 0.717) is 21.1 Å². The van der Waals surface area contributed by atoms with Gasteiger partial charge in [-0.1, -0.05) is 26.8 Å². The molecule has 0 aliphatic carbocycles. The predicted octanol–water partition coefficient (Wildman–Crippen LogP) is 4.38. The van der Waals surface area contributed by atoms with Crippen molar-refractivity contribution in [1.29, 1.82) is 0 Å². The van der Waals surface area contributed by atoms with E-state index in [1.807, 2.05) is 32.9 Å². The van der Waals surface area contributed by atoms with Crippen LogP contribution >= 0.6 is 11.3 Å². The Labute approximate surface area is 178 Å². The van der Waals surface area contributed by atoms with Crippen molar-refractivity contribution in [1.82, 2.24) is 4.98 Å². The van der Waals surface area contributed by atoms with E-state index in [4.69, 9.17) is 4.74 Å². The number of esters is 1. The van der Waals surface area contributed by atoms with Gasteiger partial charge in [0.25, 0.3) is 5.91 Å². The zero-order valence-electron chi connectivity index (χ0n) is 17.2. The minimum absolute atomic E-state index is 0.146. The van der Waals surface area contributed by atoms with Gasteiger partial charge in [-0.3, -0.25) is 14.6 Å². The van der Waals surface area contributed by atoms with E-state index in [1.165, 1.54) is 0 Å². The van der Waals surface area contributed by atoms with Crippen molar-refractivity contribution in [3.63, 3.8) is 0 Å². The first-order valence-electron chi connectivity index (χ1n) is 9.38. The number of thiophene rings is 1. The fourth-order valence-corrected chi connectivity index (χ4v) is 3.60. The number of nitrogens with zero attached hydrogens (tertiary/aromatic N) is 1. The maximum Gasteiger partial charge on any atom is 0.349 e. The zero-order chi connectivity index (χ0) is 21.9. The topological polar surface area (TPSA) is 97.4 Å². The number of aromatic nitrogens is 1. The third-order valence-corrected chi connectivity index (χ3v) is 5.41. The lowest BCUT2D eigenvalue weighted by atomic mass is 9.96. The number of amides is 2. The van der Waals surface area contributed by atoms with Crippen molar-refractivity contribution in [3.05, 3.63) is 53.0 Å². The lowest BCUT2D eigenvalue weighted by Gasteiger charge is -2.16. The molecule has 2 N–H and O–H groups in total. The molecule has 0 atom stereocenters. The fourth-order valence-electron chi connectivity index (χ4n) is 2.64. The smallest absolute Gasteiger partial charge is 0.349 e. The third kappa shape index (κ3) is 5.01. The third-order valence-electron chi connectivity index (χ3n) is 4.28. The predicted molar refractivity (Wildman–Crippen MR) is 118 cm³/mol. The lowest BCUT2D eigenvalue weighted by Crippen LogP contribution is -2.27. The average molecular weight is 426 g/mol. The molecule has 0 aliphatic rings. The van der Waals surface area contributed by atoms with E-state index in [-0.39, 0.29) is 5.91 Å². The second kappa shape index (κ2) is 8.62. The molecule has 2 amide bonds. The largest absolute Gasteiger partial charge is 0.451 e. The zero-order valence-corrected chi connectivity index (χ0v) is 18.1. The van der Waals surface area contributed by atoms with Crippen LogP contribution in [0.4, 0.5) is 10.7 Å². The molecule has 0 fully saturated rings. The van der Waals surface area contributed by atoms with Gasteiger partial charge in [-0.05, 0) is 42.8 Å². The van der Waals surface area contributed by atoms with Gasteiger partial charge in [-0.15, -0.1) is 11.3 Å². The summed E-state index contributed by atoms with van der Waals surface area (Å²) in [6, 6.07) is 10.8. The summed E-state index contributed by atoms with van der Waals surface area (Å²) in [5.41, 5.74) is 1.48. The van der Waals surface area contributed by atoms with Crippen molar-refractivity contribution >= 4 is 50.7 Å². The first kappa shape index (κ1) is 21.4. The number of ether oxygens (including phenoxy) is 1. The van der Waals surface area contributed by atoms with Crippen LogP contribution in [-0.4, -0.2) is 29.4 Å². The second-order valence-corrected chi connectivity index (χ2v) is 8.88. The summed E-state index contributed by atoms with van der Waals surface area (Å²) in [6.45, 7) is 6.76. The summed E-state index contributed by atoms with van der Waals surface area (Å²) < 4.78 is 5.17. The molecule has 0 radical (unpaired) electrons. The van der Waals surface area contributed by atoms with E-state index in [0.717, 1.165) is 22.2 Å². The minimum Gasteiger partial charge on any atom is -0.451 e. The lowest BCUT2D eigenvalue weighted by molar-refractivity contribution is -0.123. The molecule has 0 saturated heterocycles. The van der Waals surface area contributed by atoms with Crippen molar-refractivity contribution in [2.75, 3.05) is 17.2 Å². The number of nitrogens with one attached hydrogen (secondary N) is 2. The maximum absolute atomic E-state index is 12.4. The molecule has 0 aliphatic heterocycles. The monoisotopic (exact) mass is 425 g/mol. The van der Waals surface area contributed by atoms with Gasteiger partial charge in [0.2, 0.25) is 5.91 Å². The van der Waals surface area contributed by atoms with Crippen LogP contribution in [0, 0.1) is 12.3 Å². The Morgan fingerprint density at radius 3 is 2.60 bits per heavy atom. The number of pyridine rings is 1. The van der Waals surface area contributed by atoms with Crippen LogP contribution in [0.25, 0.3) is 10.9 Å². The number of rotatable bonds is 5. The summed E-state index contributed by atoms with van der Waals surface area (Å²) in [4.78, 5) is 41.4. The van der Waals surface area contributed by atoms with Gasteiger partial charge in [0, 0.05) is 17.0 Å². The molecule has 0 saturated carbocycles. The number of hydrogen-bond acceptors (Lipinski definition) is 6. The number of anilines is 2. The van der Waals surface area contributed by atoms with Crippen molar-refractivity contribution in [2.24, 2.45) is 5.41 Å². The van der Waals surface area contributed by atoms with Crippen LogP contribution in [0.3, 0.4) is 0 Å². The standard InChI is InChI=1S/C22H23N3O4S/c1-13-11-18(25-21(28)22(2,3)4)30-19(13)20(27)29-12-17(26)24-16-9-5-8-15-14(16)7-6-10-23-15/h5-11H,12H2,1-4H3,(H,24,26)(H,25,28).